The maximum absolute atomic E-state index is 12.1. The van der Waals surface area contributed by atoms with Gasteiger partial charge in [0.2, 0.25) is 5.91 Å². The molecule has 1 saturated heterocycles. The van der Waals surface area contributed by atoms with Crippen molar-refractivity contribution in [2.45, 2.75) is 33.1 Å². The Morgan fingerprint density at radius 3 is 2.67 bits per heavy atom. The lowest BCUT2D eigenvalue weighted by Crippen LogP contribution is -2.34. The van der Waals surface area contributed by atoms with E-state index in [1.54, 1.807) is 0 Å². The van der Waals surface area contributed by atoms with Crippen LogP contribution in [0, 0.1) is 11.8 Å². The molecule has 0 radical (unpaired) electrons. The molecule has 21 heavy (non-hydrogen) atoms. The molecule has 0 saturated carbocycles. The van der Waals surface area contributed by atoms with Gasteiger partial charge < -0.3 is 9.64 Å². The van der Waals surface area contributed by atoms with Gasteiger partial charge in [0.25, 0.3) is 0 Å². The Balaban J connectivity index is 1.79. The third-order valence-electron chi connectivity index (χ3n) is 4.24. The Labute approximate surface area is 135 Å². The normalized spacial score (nSPS) is 19.7. The standard InChI is InChI=1S/C17H24BrNO2/c1-13(2)14-3-8-17(20)19(10-9-14)11-12-21-16-6-4-15(18)5-7-16/h4-7,13-14H,3,8-12H2,1-2H3. The highest BCUT2D eigenvalue weighted by atomic mass is 79.9. The first-order valence-corrected chi connectivity index (χ1v) is 8.51. The van der Waals surface area contributed by atoms with E-state index in [9.17, 15) is 4.79 Å². The van der Waals surface area contributed by atoms with Crippen molar-refractivity contribution in [1.29, 1.82) is 0 Å². The van der Waals surface area contributed by atoms with E-state index in [1.807, 2.05) is 29.2 Å². The molecule has 1 unspecified atom stereocenters. The predicted octanol–water partition coefficient (Wildman–Crippen LogP) is 4.11. The van der Waals surface area contributed by atoms with E-state index in [2.05, 4.69) is 29.8 Å². The molecule has 1 heterocycles. The fourth-order valence-corrected chi connectivity index (χ4v) is 3.03. The van der Waals surface area contributed by atoms with Gasteiger partial charge in [-0.25, -0.2) is 0 Å². The second-order valence-electron chi connectivity index (χ2n) is 6.01. The molecular weight excluding hydrogens is 330 g/mol. The molecule has 1 aromatic carbocycles. The zero-order valence-electron chi connectivity index (χ0n) is 12.8. The molecule has 1 aliphatic heterocycles. The maximum atomic E-state index is 12.1. The number of amides is 1. The first-order valence-electron chi connectivity index (χ1n) is 7.72. The van der Waals surface area contributed by atoms with E-state index in [1.165, 1.54) is 0 Å². The highest BCUT2D eigenvalue weighted by molar-refractivity contribution is 9.10. The molecule has 1 aliphatic rings. The largest absolute Gasteiger partial charge is 0.492 e. The first-order chi connectivity index (χ1) is 10.1. The number of hydrogen-bond acceptors (Lipinski definition) is 2. The van der Waals surface area contributed by atoms with Gasteiger partial charge >= 0.3 is 0 Å². The summed E-state index contributed by atoms with van der Waals surface area (Å²) in [6.07, 6.45) is 2.82. The van der Waals surface area contributed by atoms with Gasteiger partial charge in [-0.3, -0.25) is 4.79 Å². The summed E-state index contributed by atoms with van der Waals surface area (Å²) in [6, 6.07) is 7.78. The molecule has 0 bridgehead atoms. The highest BCUT2D eigenvalue weighted by Gasteiger charge is 2.23. The van der Waals surface area contributed by atoms with Crippen LogP contribution in [0.2, 0.25) is 0 Å². The summed E-state index contributed by atoms with van der Waals surface area (Å²) in [4.78, 5) is 14.1. The van der Waals surface area contributed by atoms with Crippen molar-refractivity contribution >= 4 is 21.8 Å². The molecule has 3 nitrogen and oxygen atoms in total. The molecule has 0 spiro atoms. The number of halogens is 1. The van der Waals surface area contributed by atoms with Crippen molar-refractivity contribution in [3.05, 3.63) is 28.7 Å². The lowest BCUT2D eigenvalue weighted by atomic mass is 9.89. The Bertz CT molecular complexity index is 458. The van der Waals surface area contributed by atoms with E-state index < -0.39 is 0 Å². The lowest BCUT2D eigenvalue weighted by molar-refractivity contribution is -0.131. The summed E-state index contributed by atoms with van der Waals surface area (Å²) in [6.45, 7) is 6.60. The predicted molar refractivity (Wildman–Crippen MR) is 88.4 cm³/mol. The van der Waals surface area contributed by atoms with Crippen LogP contribution in [0.3, 0.4) is 0 Å². The van der Waals surface area contributed by atoms with Crippen LogP contribution < -0.4 is 4.74 Å². The topological polar surface area (TPSA) is 29.5 Å². The highest BCUT2D eigenvalue weighted by Crippen LogP contribution is 2.25. The zero-order chi connectivity index (χ0) is 15.2. The van der Waals surface area contributed by atoms with E-state index in [-0.39, 0.29) is 5.91 Å². The number of rotatable bonds is 5. The van der Waals surface area contributed by atoms with Crippen LogP contribution in [0.15, 0.2) is 28.7 Å². The molecule has 1 aromatic rings. The fraction of sp³-hybridized carbons (Fsp3) is 0.588. The minimum absolute atomic E-state index is 0.276. The molecular formula is C17H24BrNO2. The summed E-state index contributed by atoms with van der Waals surface area (Å²) >= 11 is 3.40. The molecule has 1 amide bonds. The van der Waals surface area contributed by atoms with E-state index >= 15 is 0 Å². The Morgan fingerprint density at radius 1 is 1.29 bits per heavy atom. The Kier molecular flexibility index (Phi) is 6.09. The SMILES string of the molecule is CC(C)C1CCC(=O)N(CCOc2ccc(Br)cc2)CC1. The number of carbonyl (C=O) groups excluding carboxylic acids is 1. The van der Waals surface area contributed by atoms with Gasteiger partial charge in [-0.1, -0.05) is 29.8 Å². The van der Waals surface area contributed by atoms with Crippen LogP contribution in [-0.2, 0) is 4.79 Å². The number of benzene rings is 1. The summed E-state index contributed by atoms with van der Waals surface area (Å²) < 4.78 is 6.75. The number of likely N-dealkylation sites (tertiary alicyclic amines) is 1. The van der Waals surface area contributed by atoms with Crippen LogP contribution >= 0.6 is 15.9 Å². The third-order valence-corrected chi connectivity index (χ3v) is 4.77. The molecule has 1 atom stereocenters. The monoisotopic (exact) mass is 353 g/mol. The summed E-state index contributed by atoms with van der Waals surface area (Å²) in [5.74, 6) is 2.46. The molecule has 2 rings (SSSR count). The van der Waals surface area contributed by atoms with E-state index in [4.69, 9.17) is 4.74 Å². The van der Waals surface area contributed by atoms with Gasteiger partial charge in [0.1, 0.15) is 12.4 Å². The van der Waals surface area contributed by atoms with Crippen molar-refractivity contribution in [3.63, 3.8) is 0 Å². The molecule has 1 fully saturated rings. The zero-order valence-corrected chi connectivity index (χ0v) is 14.4. The lowest BCUT2D eigenvalue weighted by Gasteiger charge is -2.21. The van der Waals surface area contributed by atoms with Gasteiger partial charge in [0, 0.05) is 17.4 Å². The Morgan fingerprint density at radius 2 is 2.00 bits per heavy atom. The van der Waals surface area contributed by atoms with E-state index in [0.717, 1.165) is 29.6 Å². The smallest absolute Gasteiger partial charge is 0.222 e. The summed E-state index contributed by atoms with van der Waals surface area (Å²) in [7, 11) is 0. The van der Waals surface area contributed by atoms with Crippen molar-refractivity contribution in [1.82, 2.24) is 4.90 Å². The van der Waals surface area contributed by atoms with Gasteiger partial charge in [0.15, 0.2) is 0 Å². The van der Waals surface area contributed by atoms with Gasteiger partial charge in [-0.05, 0) is 48.9 Å². The summed E-state index contributed by atoms with van der Waals surface area (Å²) in [5, 5.41) is 0. The number of nitrogens with zero attached hydrogens (tertiary/aromatic N) is 1. The van der Waals surface area contributed by atoms with Crippen LogP contribution in [0.4, 0.5) is 0 Å². The van der Waals surface area contributed by atoms with Crippen LogP contribution in [0.1, 0.15) is 33.1 Å². The van der Waals surface area contributed by atoms with E-state index in [0.29, 0.717) is 31.4 Å². The van der Waals surface area contributed by atoms with Crippen molar-refractivity contribution < 1.29 is 9.53 Å². The third kappa shape index (κ3) is 5.03. The molecule has 0 aromatic heterocycles. The maximum Gasteiger partial charge on any atom is 0.222 e. The van der Waals surface area contributed by atoms with Crippen molar-refractivity contribution in [3.8, 4) is 5.75 Å². The van der Waals surface area contributed by atoms with Crippen molar-refractivity contribution in [2.24, 2.45) is 11.8 Å². The van der Waals surface area contributed by atoms with Crippen LogP contribution in [-0.4, -0.2) is 30.5 Å². The van der Waals surface area contributed by atoms with Gasteiger partial charge in [0.05, 0.1) is 6.54 Å². The minimum Gasteiger partial charge on any atom is -0.492 e. The van der Waals surface area contributed by atoms with Gasteiger partial charge in [-0.15, -0.1) is 0 Å². The van der Waals surface area contributed by atoms with Crippen molar-refractivity contribution in [2.75, 3.05) is 19.7 Å². The fourth-order valence-electron chi connectivity index (χ4n) is 2.77. The Hall–Kier alpha value is -1.03. The van der Waals surface area contributed by atoms with Gasteiger partial charge in [-0.2, -0.15) is 0 Å². The average molecular weight is 354 g/mol. The molecule has 0 aliphatic carbocycles. The molecule has 116 valence electrons. The quantitative estimate of drug-likeness (QED) is 0.796. The summed E-state index contributed by atoms with van der Waals surface area (Å²) in [5.41, 5.74) is 0. The van der Waals surface area contributed by atoms with Crippen LogP contribution in [0.5, 0.6) is 5.75 Å². The number of hydrogen-bond donors (Lipinski definition) is 0. The average Bonchev–Trinajstić information content (AvgIpc) is 2.64. The van der Waals surface area contributed by atoms with Crippen LogP contribution in [0.25, 0.3) is 0 Å². The number of ether oxygens (including phenoxy) is 1. The first kappa shape index (κ1) is 16.3. The second kappa shape index (κ2) is 7.83. The molecule has 4 heteroatoms. The number of carbonyl (C=O) groups is 1. The molecule has 0 N–H and O–H groups in total. The second-order valence-corrected chi connectivity index (χ2v) is 6.93. The minimum atomic E-state index is 0.276.